The highest BCUT2D eigenvalue weighted by molar-refractivity contribution is 5.78. The second-order valence-electron chi connectivity index (χ2n) is 5.32. The number of nitrogens with one attached hydrogen (secondary N) is 1. The molecule has 0 fully saturated rings. The maximum Gasteiger partial charge on any atom is 0.108 e. The largest absolute Gasteiger partial charge is 0.399 e. The number of rotatable bonds is 6. The maximum atomic E-state index is 5.76. The van der Waals surface area contributed by atoms with E-state index in [9.17, 15) is 0 Å². The third kappa shape index (κ3) is 3.94. The van der Waals surface area contributed by atoms with Gasteiger partial charge in [0.25, 0.3) is 0 Å². The molecule has 2 rings (SSSR count). The number of likely N-dealkylation sites (N-methyl/N-ethyl adjacent to an activating group) is 2. The smallest absolute Gasteiger partial charge is 0.108 e. The molecule has 0 unspecified atom stereocenters. The average molecular weight is 261 g/mol. The van der Waals surface area contributed by atoms with Crippen LogP contribution in [0.4, 0.5) is 5.69 Å². The summed E-state index contributed by atoms with van der Waals surface area (Å²) >= 11 is 0. The summed E-state index contributed by atoms with van der Waals surface area (Å²) in [5.41, 5.74) is 8.54. The van der Waals surface area contributed by atoms with Gasteiger partial charge in [0.2, 0.25) is 0 Å². The number of H-pyrrole nitrogens is 1. The molecule has 0 aliphatic rings. The molecule has 5 nitrogen and oxygen atoms in total. The minimum atomic E-state index is 0.769. The van der Waals surface area contributed by atoms with Crippen molar-refractivity contribution in [2.45, 2.75) is 6.42 Å². The number of nitrogens with two attached hydrogens (primary N) is 1. The number of benzene rings is 1. The molecule has 1 aromatic heterocycles. The van der Waals surface area contributed by atoms with Gasteiger partial charge in [-0.2, -0.15) is 0 Å². The molecule has 0 amide bonds. The summed E-state index contributed by atoms with van der Waals surface area (Å²) in [5, 5.41) is 0. The Hall–Kier alpha value is -1.59. The van der Waals surface area contributed by atoms with E-state index in [1.54, 1.807) is 0 Å². The highest BCUT2D eigenvalue weighted by Gasteiger charge is 2.05. The van der Waals surface area contributed by atoms with Crippen molar-refractivity contribution in [2.75, 3.05) is 46.5 Å². The molecular formula is C14H23N5. The number of aromatic nitrogens is 2. The normalized spacial score (nSPS) is 11.8. The Morgan fingerprint density at radius 2 is 1.95 bits per heavy atom. The summed E-state index contributed by atoms with van der Waals surface area (Å²) in [5.74, 6) is 1.03. The van der Waals surface area contributed by atoms with E-state index in [0.29, 0.717) is 0 Å². The molecule has 0 atom stereocenters. The van der Waals surface area contributed by atoms with Crippen LogP contribution in [0.2, 0.25) is 0 Å². The van der Waals surface area contributed by atoms with E-state index >= 15 is 0 Å². The second kappa shape index (κ2) is 6.04. The standard InChI is InChI=1S/C14H23N5/c1-18(2)8-9-19(3)7-6-14-16-12-5-4-11(15)10-13(12)17-14/h4-5,10H,6-9,15H2,1-3H3,(H,16,17). The quantitative estimate of drug-likeness (QED) is 0.767. The van der Waals surface area contributed by atoms with Gasteiger partial charge < -0.3 is 20.5 Å². The first kappa shape index (κ1) is 13.8. The third-order valence-electron chi connectivity index (χ3n) is 3.21. The first-order valence-corrected chi connectivity index (χ1v) is 6.62. The summed E-state index contributed by atoms with van der Waals surface area (Å²) in [6, 6.07) is 5.78. The number of aromatic amines is 1. The lowest BCUT2D eigenvalue weighted by molar-refractivity contribution is 0.283. The SMILES string of the molecule is CN(C)CCN(C)CCc1nc2ccc(N)cc2[nH]1. The number of anilines is 1. The topological polar surface area (TPSA) is 61.2 Å². The van der Waals surface area contributed by atoms with Crippen LogP contribution in [0, 0.1) is 0 Å². The van der Waals surface area contributed by atoms with Gasteiger partial charge in [0.1, 0.15) is 5.82 Å². The molecular weight excluding hydrogens is 238 g/mol. The molecule has 0 radical (unpaired) electrons. The Morgan fingerprint density at radius 3 is 2.68 bits per heavy atom. The predicted molar refractivity (Wildman–Crippen MR) is 80.3 cm³/mol. The van der Waals surface area contributed by atoms with Crippen molar-refractivity contribution in [1.82, 2.24) is 19.8 Å². The first-order chi connectivity index (χ1) is 9.04. The number of hydrogen-bond acceptors (Lipinski definition) is 4. The minimum Gasteiger partial charge on any atom is -0.399 e. The van der Waals surface area contributed by atoms with Crippen LogP contribution in [0.25, 0.3) is 11.0 Å². The number of nitrogens with zero attached hydrogens (tertiary/aromatic N) is 3. The molecule has 0 bridgehead atoms. The number of fused-ring (bicyclic) bond motifs is 1. The molecule has 2 aromatic rings. The van der Waals surface area contributed by atoms with Gasteiger partial charge in [-0.3, -0.25) is 0 Å². The van der Waals surface area contributed by atoms with Crippen LogP contribution in [-0.4, -0.2) is 60.5 Å². The molecule has 1 aromatic carbocycles. The van der Waals surface area contributed by atoms with Crippen molar-refractivity contribution in [3.8, 4) is 0 Å². The maximum absolute atomic E-state index is 5.76. The van der Waals surface area contributed by atoms with E-state index < -0.39 is 0 Å². The minimum absolute atomic E-state index is 0.769. The molecule has 5 heteroatoms. The summed E-state index contributed by atoms with van der Waals surface area (Å²) in [7, 11) is 6.33. The van der Waals surface area contributed by atoms with Gasteiger partial charge in [0.05, 0.1) is 11.0 Å². The van der Waals surface area contributed by atoms with Crippen molar-refractivity contribution >= 4 is 16.7 Å². The summed E-state index contributed by atoms with van der Waals surface area (Å²) in [6.07, 6.45) is 0.929. The van der Waals surface area contributed by atoms with E-state index in [0.717, 1.165) is 48.6 Å². The zero-order chi connectivity index (χ0) is 13.8. The van der Waals surface area contributed by atoms with Crippen LogP contribution in [0.15, 0.2) is 18.2 Å². The van der Waals surface area contributed by atoms with Crippen LogP contribution < -0.4 is 5.73 Å². The Morgan fingerprint density at radius 1 is 1.16 bits per heavy atom. The highest BCUT2D eigenvalue weighted by Crippen LogP contribution is 2.15. The van der Waals surface area contributed by atoms with Crippen molar-refractivity contribution in [3.63, 3.8) is 0 Å². The van der Waals surface area contributed by atoms with E-state index in [2.05, 4.69) is 40.9 Å². The number of imidazole rings is 1. The molecule has 0 aliphatic carbocycles. The van der Waals surface area contributed by atoms with Crippen molar-refractivity contribution in [1.29, 1.82) is 0 Å². The van der Waals surface area contributed by atoms with Crippen LogP contribution in [0.1, 0.15) is 5.82 Å². The lowest BCUT2D eigenvalue weighted by Gasteiger charge is -2.18. The Bertz CT molecular complexity index is 532. The fourth-order valence-electron chi connectivity index (χ4n) is 1.98. The van der Waals surface area contributed by atoms with E-state index in [1.807, 2.05) is 18.2 Å². The van der Waals surface area contributed by atoms with Crippen LogP contribution in [0.5, 0.6) is 0 Å². The summed E-state index contributed by atoms with van der Waals surface area (Å²) in [4.78, 5) is 12.4. The van der Waals surface area contributed by atoms with Crippen molar-refractivity contribution in [3.05, 3.63) is 24.0 Å². The van der Waals surface area contributed by atoms with Gasteiger partial charge in [-0.25, -0.2) is 4.98 Å². The van der Waals surface area contributed by atoms with Crippen LogP contribution >= 0.6 is 0 Å². The molecule has 0 saturated heterocycles. The zero-order valence-corrected chi connectivity index (χ0v) is 12.0. The predicted octanol–water partition coefficient (Wildman–Crippen LogP) is 1.18. The van der Waals surface area contributed by atoms with Gasteiger partial charge in [-0.05, 0) is 39.3 Å². The van der Waals surface area contributed by atoms with Crippen LogP contribution in [0.3, 0.4) is 0 Å². The lowest BCUT2D eigenvalue weighted by Crippen LogP contribution is -2.30. The van der Waals surface area contributed by atoms with E-state index in [-0.39, 0.29) is 0 Å². The van der Waals surface area contributed by atoms with Gasteiger partial charge >= 0.3 is 0 Å². The Labute approximate surface area is 114 Å². The Kier molecular flexibility index (Phi) is 4.39. The third-order valence-corrected chi connectivity index (χ3v) is 3.21. The molecule has 0 aliphatic heterocycles. The second-order valence-corrected chi connectivity index (χ2v) is 5.32. The van der Waals surface area contributed by atoms with Crippen molar-refractivity contribution in [2.24, 2.45) is 0 Å². The molecule has 19 heavy (non-hydrogen) atoms. The van der Waals surface area contributed by atoms with Gasteiger partial charge in [-0.1, -0.05) is 0 Å². The highest BCUT2D eigenvalue weighted by atomic mass is 15.1. The first-order valence-electron chi connectivity index (χ1n) is 6.62. The van der Waals surface area contributed by atoms with Gasteiger partial charge in [0, 0.05) is 31.7 Å². The van der Waals surface area contributed by atoms with Gasteiger partial charge in [0.15, 0.2) is 0 Å². The molecule has 3 N–H and O–H groups in total. The molecule has 104 valence electrons. The van der Waals surface area contributed by atoms with Crippen LogP contribution in [-0.2, 0) is 6.42 Å². The summed E-state index contributed by atoms with van der Waals surface area (Å²) < 4.78 is 0. The monoisotopic (exact) mass is 261 g/mol. The Balaban J connectivity index is 1.90. The average Bonchev–Trinajstić information content (AvgIpc) is 2.75. The molecule has 0 saturated carbocycles. The zero-order valence-electron chi connectivity index (χ0n) is 12.0. The van der Waals surface area contributed by atoms with Gasteiger partial charge in [-0.15, -0.1) is 0 Å². The van der Waals surface area contributed by atoms with E-state index in [1.165, 1.54) is 0 Å². The molecule has 0 spiro atoms. The van der Waals surface area contributed by atoms with Crippen molar-refractivity contribution < 1.29 is 0 Å². The number of hydrogen-bond donors (Lipinski definition) is 2. The summed E-state index contributed by atoms with van der Waals surface area (Å²) in [6.45, 7) is 3.15. The molecule has 1 heterocycles. The lowest BCUT2D eigenvalue weighted by atomic mass is 10.3. The fraction of sp³-hybridized carbons (Fsp3) is 0.500. The number of nitrogen functional groups attached to an aromatic ring is 1. The van der Waals surface area contributed by atoms with E-state index in [4.69, 9.17) is 5.73 Å². The fourth-order valence-corrected chi connectivity index (χ4v) is 1.98.